The molecule has 18 heavy (non-hydrogen) atoms. The van der Waals surface area contributed by atoms with Gasteiger partial charge in [-0.1, -0.05) is 23.7 Å². The van der Waals surface area contributed by atoms with Gasteiger partial charge < -0.3 is 0 Å². The highest BCUT2D eigenvalue weighted by atomic mass is 79.9. The van der Waals surface area contributed by atoms with Gasteiger partial charge in [0, 0.05) is 4.90 Å². The standard InChI is InChI=1S/C12H9BrClFN2S/c1-7-11(13)12(14)17-10(16-7)6-18-9-5-3-2-4-8(9)15/h2-5H,6H2,1H3. The van der Waals surface area contributed by atoms with E-state index in [0.29, 0.717) is 26.1 Å². The Hall–Kier alpha value is -0.650. The number of hydrogen-bond acceptors (Lipinski definition) is 3. The summed E-state index contributed by atoms with van der Waals surface area (Å²) in [6, 6.07) is 6.62. The molecule has 2 nitrogen and oxygen atoms in total. The largest absolute Gasteiger partial charge is 0.236 e. The highest BCUT2D eigenvalue weighted by Crippen LogP contribution is 2.27. The van der Waals surface area contributed by atoms with Gasteiger partial charge in [0.15, 0.2) is 0 Å². The average molecular weight is 348 g/mol. The predicted molar refractivity (Wildman–Crippen MR) is 75.4 cm³/mol. The lowest BCUT2D eigenvalue weighted by atomic mass is 10.3. The summed E-state index contributed by atoms with van der Waals surface area (Å²) in [7, 11) is 0. The van der Waals surface area contributed by atoms with Crippen LogP contribution in [-0.4, -0.2) is 9.97 Å². The maximum absolute atomic E-state index is 13.4. The Morgan fingerprint density at radius 1 is 1.33 bits per heavy atom. The van der Waals surface area contributed by atoms with Crippen LogP contribution in [0.15, 0.2) is 33.6 Å². The topological polar surface area (TPSA) is 25.8 Å². The first-order valence-corrected chi connectivity index (χ1v) is 7.29. The second kappa shape index (κ2) is 5.99. The predicted octanol–water partition coefficient (Wildman–Crippen LogP) is 4.63. The van der Waals surface area contributed by atoms with E-state index in [4.69, 9.17) is 11.6 Å². The second-order valence-electron chi connectivity index (χ2n) is 3.55. The van der Waals surface area contributed by atoms with Gasteiger partial charge in [-0.25, -0.2) is 14.4 Å². The van der Waals surface area contributed by atoms with Gasteiger partial charge in [0.1, 0.15) is 16.8 Å². The first kappa shape index (κ1) is 13.8. The third kappa shape index (κ3) is 3.22. The zero-order valence-corrected chi connectivity index (χ0v) is 12.6. The van der Waals surface area contributed by atoms with Crippen molar-refractivity contribution in [1.29, 1.82) is 0 Å². The number of nitrogens with zero attached hydrogens (tertiary/aromatic N) is 2. The van der Waals surface area contributed by atoms with Crippen LogP contribution in [0.3, 0.4) is 0 Å². The number of halogens is 3. The number of aromatic nitrogens is 2. The molecule has 0 unspecified atom stereocenters. The summed E-state index contributed by atoms with van der Waals surface area (Å²) in [5.41, 5.74) is 0.777. The van der Waals surface area contributed by atoms with Gasteiger partial charge in [0.2, 0.25) is 0 Å². The van der Waals surface area contributed by atoms with Crippen molar-refractivity contribution in [3.8, 4) is 0 Å². The summed E-state index contributed by atoms with van der Waals surface area (Å²) in [5.74, 6) is 0.839. The van der Waals surface area contributed by atoms with E-state index in [9.17, 15) is 4.39 Å². The lowest BCUT2D eigenvalue weighted by molar-refractivity contribution is 0.602. The van der Waals surface area contributed by atoms with Crippen LogP contribution in [0.1, 0.15) is 11.5 Å². The van der Waals surface area contributed by atoms with E-state index in [-0.39, 0.29) is 5.82 Å². The van der Waals surface area contributed by atoms with E-state index < -0.39 is 0 Å². The Labute approximate surface area is 122 Å². The molecule has 0 bridgehead atoms. The summed E-state index contributed by atoms with van der Waals surface area (Å²) in [4.78, 5) is 9.02. The number of aryl methyl sites for hydroxylation is 1. The minimum atomic E-state index is -0.234. The molecular formula is C12H9BrClFN2S. The maximum Gasteiger partial charge on any atom is 0.147 e. The molecule has 2 rings (SSSR count). The molecular weight excluding hydrogens is 339 g/mol. The SMILES string of the molecule is Cc1nc(CSc2ccccc2F)nc(Cl)c1Br. The van der Waals surface area contributed by atoms with E-state index in [1.54, 1.807) is 18.2 Å². The van der Waals surface area contributed by atoms with E-state index >= 15 is 0 Å². The normalized spacial score (nSPS) is 10.7. The van der Waals surface area contributed by atoms with Gasteiger partial charge in [-0.05, 0) is 35.0 Å². The van der Waals surface area contributed by atoms with Crippen molar-refractivity contribution >= 4 is 39.3 Å². The van der Waals surface area contributed by atoms with Crippen LogP contribution in [0.25, 0.3) is 0 Å². The quantitative estimate of drug-likeness (QED) is 0.598. The molecule has 2 aromatic rings. The Morgan fingerprint density at radius 3 is 2.72 bits per heavy atom. The number of rotatable bonds is 3. The molecule has 0 N–H and O–H groups in total. The lowest BCUT2D eigenvalue weighted by Gasteiger charge is -2.05. The van der Waals surface area contributed by atoms with Crippen LogP contribution in [0, 0.1) is 12.7 Å². The third-order valence-electron chi connectivity index (χ3n) is 2.22. The van der Waals surface area contributed by atoms with Crippen molar-refractivity contribution in [1.82, 2.24) is 9.97 Å². The van der Waals surface area contributed by atoms with Crippen molar-refractivity contribution in [3.05, 3.63) is 51.2 Å². The molecule has 1 aromatic heterocycles. The third-order valence-corrected chi connectivity index (χ3v) is 4.71. The molecule has 0 radical (unpaired) electrons. The Kier molecular flexibility index (Phi) is 4.59. The van der Waals surface area contributed by atoms with Crippen molar-refractivity contribution in [2.75, 3.05) is 0 Å². The summed E-state index contributed by atoms with van der Waals surface area (Å²) >= 11 is 10.6. The Bertz CT molecular complexity index is 557. The molecule has 0 spiro atoms. The molecule has 1 heterocycles. The highest BCUT2D eigenvalue weighted by Gasteiger charge is 2.09. The van der Waals surface area contributed by atoms with Gasteiger partial charge in [-0.15, -0.1) is 11.8 Å². The van der Waals surface area contributed by atoms with Gasteiger partial charge in [-0.2, -0.15) is 0 Å². The van der Waals surface area contributed by atoms with Gasteiger partial charge >= 0.3 is 0 Å². The highest BCUT2D eigenvalue weighted by molar-refractivity contribution is 9.10. The molecule has 0 fully saturated rings. The number of thioether (sulfide) groups is 1. The number of benzene rings is 1. The van der Waals surface area contributed by atoms with Gasteiger partial charge in [-0.3, -0.25) is 0 Å². The average Bonchev–Trinajstić information content (AvgIpc) is 2.35. The molecule has 0 aliphatic carbocycles. The molecule has 0 amide bonds. The van der Waals surface area contributed by atoms with Gasteiger partial charge in [0.05, 0.1) is 15.9 Å². The lowest BCUT2D eigenvalue weighted by Crippen LogP contribution is -1.97. The first-order valence-electron chi connectivity index (χ1n) is 5.14. The maximum atomic E-state index is 13.4. The molecule has 0 saturated carbocycles. The molecule has 0 aliphatic rings. The van der Waals surface area contributed by atoms with Crippen LogP contribution in [0.4, 0.5) is 4.39 Å². The minimum absolute atomic E-state index is 0.234. The smallest absolute Gasteiger partial charge is 0.147 e. The molecule has 94 valence electrons. The summed E-state index contributed by atoms with van der Waals surface area (Å²) in [6.45, 7) is 1.84. The van der Waals surface area contributed by atoms with Crippen LogP contribution in [0.5, 0.6) is 0 Å². The van der Waals surface area contributed by atoms with E-state index in [0.717, 1.165) is 5.69 Å². The molecule has 1 aromatic carbocycles. The van der Waals surface area contributed by atoms with Crippen LogP contribution in [-0.2, 0) is 5.75 Å². The Morgan fingerprint density at radius 2 is 2.06 bits per heavy atom. The summed E-state index contributed by atoms with van der Waals surface area (Å²) in [5, 5.41) is 0.381. The molecule has 0 atom stereocenters. The van der Waals surface area contributed by atoms with E-state index in [2.05, 4.69) is 25.9 Å². The summed E-state index contributed by atoms with van der Waals surface area (Å²) in [6.07, 6.45) is 0. The zero-order chi connectivity index (χ0) is 13.1. The monoisotopic (exact) mass is 346 g/mol. The fraction of sp³-hybridized carbons (Fsp3) is 0.167. The molecule has 0 saturated heterocycles. The van der Waals surface area contributed by atoms with Crippen LogP contribution in [0.2, 0.25) is 5.15 Å². The second-order valence-corrected chi connectivity index (χ2v) is 5.72. The van der Waals surface area contributed by atoms with Crippen molar-refractivity contribution in [2.24, 2.45) is 0 Å². The van der Waals surface area contributed by atoms with Gasteiger partial charge in [0.25, 0.3) is 0 Å². The van der Waals surface area contributed by atoms with E-state index in [1.807, 2.05) is 6.92 Å². The molecule has 6 heteroatoms. The van der Waals surface area contributed by atoms with Crippen molar-refractivity contribution in [2.45, 2.75) is 17.6 Å². The Balaban J connectivity index is 2.14. The minimum Gasteiger partial charge on any atom is -0.236 e. The van der Waals surface area contributed by atoms with Crippen molar-refractivity contribution < 1.29 is 4.39 Å². The van der Waals surface area contributed by atoms with Crippen LogP contribution < -0.4 is 0 Å². The zero-order valence-electron chi connectivity index (χ0n) is 9.45. The first-order chi connectivity index (χ1) is 8.58. The fourth-order valence-electron chi connectivity index (χ4n) is 1.35. The fourth-order valence-corrected chi connectivity index (χ4v) is 2.55. The molecule has 0 aliphatic heterocycles. The van der Waals surface area contributed by atoms with Crippen LogP contribution >= 0.6 is 39.3 Å². The van der Waals surface area contributed by atoms with Crippen molar-refractivity contribution in [3.63, 3.8) is 0 Å². The summed E-state index contributed by atoms with van der Waals surface area (Å²) < 4.78 is 14.1. The van der Waals surface area contributed by atoms with E-state index in [1.165, 1.54) is 17.8 Å². The number of hydrogen-bond donors (Lipinski definition) is 0.